The van der Waals surface area contributed by atoms with Crippen LogP contribution < -0.4 is 10.2 Å². The molecule has 0 radical (unpaired) electrons. The highest BCUT2D eigenvalue weighted by atomic mass is 35.5. The number of rotatable bonds is 3. The van der Waals surface area contributed by atoms with Crippen molar-refractivity contribution >= 4 is 34.8 Å². The van der Waals surface area contributed by atoms with Crippen LogP contribution in [-0.4, -0.2) is 18.4 Å². The molecule has 0 saturated heterocycles. The van der Waals surface area contributed by atoms with Gasteiger partial charge in [0.25, 0.3) is 11.8 Å². The molecule has 5 heteroatoms. The second-order valence-corrected chi connectivity index (χ2v) is 9.74. The van der Waals surface area contributed by atoms with Gasteiger partial charge in [0, 0.05) is 34.1 Å². The molecular formula is C28H27ClN2O2. The number of benzene rings is 3. The summed E-state index contributed by atoms with van der Waals surface area (Å²) in [6, 6.07) is 18.9. The number of nitrogens with zero attached hydrogens (tertiary/aromatic N) is 1. The van der Waals surface area contributed by atoms with Gasteiger partial charge in [0.15, 0.2) is 0 Å². The van der Waals surface area contributed by atoms with Crippen LogP contribution in [0.15, 0.2) is 60.7 Å². The van der Waals surface area contributed by atoms with E-state index in [1.165, 1.54) is 5.56 Å². The molecule has 1 N–H and O–H groups in total. The maximum Gasteiger partial charge on any atom is 0.258 e. The predicted octanol–water partition coefficient (Wildman–Crippen LogP) is 6.68. The van der Waals surface area contributed by atoms with Gasteiger partial charge in [-0.25, -0.2) is 0 Å². The summed E-state index contributed by atoms with van der Waals surface area (Å²) in [6.07, 6.45) is 4.39. The SMILES string of the molecule is Cc1ccccc1C(=O)Nc1ccc(C(=O)N2CCCC3(CC3)c3cc(Cl)ccc32)c(C)c1. The van der Waals surface area contributed by atoms with Crippen molar-refractivity contribution in [3.05, 3.63) is 93.5 Å². The average molecular weight is 459 g/mol. The first kappa shape index (κ1) is 21.7. The van der Waals surface area contributed by atoms with Crippen LogP contribution in [0.2, 0.25) is 5.02 Å². The zero-order valence-electron chi connectivity index (χ0n) is 19.0. The number of amides is 2. The van der Waals surface area contributed by atoms with Gasteiger partial charge in [-0.1, -0.05) is 29.8 Å². The van der Waals surface area contributed by atoms with E-state index in [0.717, 1.165) is 47.5 Å². The summed E-state index contributed by atoms with van der Waals surface area (Å²) in [7, 11) is 0. The first-order chi connectivity index (χ1) is 15.9. The maximum atomic E-state index is 13.7. The van der Waals surface area contributed by atoms with Crippen molar-refractivity contribution in [3.8, 4) is 0 Å². The van der Waals surface area contributed by atoms with Crippen LogP contribution in [0.4, 0.5) is 11.4 Å². The van der Waals surface area contributed by atoms with Crippen LogP contribution in [0.3, 0.4) is 0 Å². The summed E-state index contributed by atoms with van der Waals surface area (Å²) < 4.78 is 0. The van der Waals surface area contributed by atoms with Gasteiger partial charge in [-0.05, 0) is 104 Å². The second-order valence-electron chi connectivity index (χ2n) is 9.30. The summed E-state index contributed by atoms with van der Waals surface area (Å²) in [4.78, 5) is 28.3. The van der Waals surface area contributed by atoms with E-state index in [4.69, 9.17) is 11.6 Å². The number of hydrogen-bond acceptors (Lipinski definition) is 2. The minimum Gasteiger partial charge on any atom is -0.322 e. The van der Waals surface area contributed by atoms with Gasteiger partial charge < -0.3 is 10.2 Å². The van der Waals surface area contributed by atoms with E-state index in [0.29, 0.717) is 23.4 Å². The third-order valence-electron chi connectivity index (χ3n) is 7.06. The Morgan fingerprint density at radius 3 is 2.42 bits per heavy atom. The lowest BCUT2D eigenvalue weighted by Gasteiger charge is -2.25. The smallest absolute Gasteiger partial charge is 0.258 e. The van der Waals surface area contributed by atoms with E-state index in [1.54, 1.807) is 6.07 Å². The van der Waals surface area contributed by atoms with Gasteiger partial charge in [-0.3, -0.25) is 9.59 Å². The minimum absolute atomic E-state index is 0.00875. The van der Waals surface area contributed by atoms with E-state index >= 15 is 0 Å². The maximum absolute atomic E-state index is 13.7. The minimum atomic E-state index is -0.153. The molecule has 0 unspecified atom stereocenters. The van der Waals surface area contributed by atoms with E-state index in [-0.39, 0.29) is 17.2 Å². The fraction of sp³-hybridized carbons (Fsp3) is 0.286. The summed E-state index contributed by atoms with van der Waals surface area (Å²) in [6.45, 7) is 4.53. The molecule has 1 aliphatic heterocycles. The van der Waals surface area contributed by atoms with E-state index in [9.17, 15) is 9.59 Å². The fourth-order valence-electron chi connectivity index (χ4n) is 5.03. The van der Waals surface area contributed by atoms with Crippen LogP contribution in [0.25, 0.3) is 0 Å². The molecule has 4 nitrogen and oxygen atoms in total. The number of nitrogens with one attached hydrogen (secondary N) is 1. The van der Waals surface area contributed by atoms with Gasteiger partial charge in [-0.15, -0.1) is 0 Å². The van der Waals surface area contributed by atoms with Crippen LogP contribution in [-0.2, 0) is 5.41 Å². The third-order valence-corrected chi connectivity index (χ3v) is 7.30. The highest BCUT2D eigenvalue weighted by Gasteiger charge is 2.47. The zero-order chi connectivity index (χ0) is 23.2. The van der Waals surface area contributed by atoms with E-state index < -0.39 is 0 Å². The molecule has 1 fully saturated rings. The Morgan fingerprint density at radius 2 is 1.70 bits per heavy atom. The van der Waals surface area contributed by atoms with Crippen molar-refractivity contribution in [1.82, 2.24) is 0 Å². The number of hydrogen-bond donors (Lipinski definition) is 1. The number of carbonyl (C=O) groups excluding carboxylic acids is 2. The topological polar surface area (TPSA) is 49.4 Å². The van der Waals surface area contributed by atoms with Crippen molar-refractivity contribution in [3.63, 3.8) is 0 Å². The molecule has 0 atom stereocenters. The van der Waals surface area contributed by atoms with Gasteiger partial charge >= 0.3 is 0 Å². The number of aryl methyl sites for hydroxylation is 2. The van der Waals surface area contributed by atoms with Crippen molar-refractivity contribution in [2.45, 2.75) is 44.9 Å². The largest absolute Gasteiger partial charge is 0.322 e. The molecule has 5 rings (SSSR count). The quantitative estimate of drug-likeness (QED) is 0.475. The van der Waals surface area contributed by atoms with Crippen molar-refractivity contribution in [2.24, 2.45) is 0 Å². The molecule has 1 aliphatic carbocycles. The summed E-state index contributed by atoms with van der Waals surface area (Å²) in [5.74, 6) is -0.162. The zero-order valence-corrected chi connectivity index (χ0v) is 19.7. The van der Waals surface area contributed by atoms with Crippen molar-refractivity contribution in [2.75, 3.05) is 16.8 Å². The number of carbonyl (C=O) groups is 2. The second kappa shape index (κ2) is 8.35. The Morgan fingerprint density at radius 1 is 0.909 bits per heavy atom. The van der Waals surface area contributed by atoms with Crippen LogP contribution in [0.5, 0.6) is 0 Å². The van der Waals surface area contributed by atoms with Crippen molar-refractivity contribution < 1.29 is 9.59 Å². The first-order valence-electron chi connectivity index (χ1n) is 11.5. The number of anilines is 2. The standard InChI is InChI=1S/C28H27ClN2O2/c1-18-6-3-4-7-22(18)26(32)30-21-9-10-23(19(2)16-21)27(33)31-15-5-12-28(13-14-28)24-17-20(29)8-11-25(24)31/h3-4,6-11,16-17H,5,12-15H2,1-2H3,(H,30,32). The highest BCUT2D eigenvalue weighted by Crippen LogP contribution is 2.56. The van der Waals surface area contributed by atoms with Gasteiger partial charge in [-0.2, -0.15) is 0 Å². The molecular weight excluding hydrogens is 432 g/mol. The molecule has 3 aromatic carbocycles. The number of fused-ring (bicyclic) bond motifs is 2. The number of halogens is 1. The predicted molar refractivity (Wildman–Crippen MR) is 134 cm³/mol. The Kier molecular flexibility index (Phi) is 5.49. The molecule has 0 bridgehead atoms. The Balaban J connectivity index is 1.41. The highest BCUT2D eigenvalue weighted by molar-refractivity contribution is 6.30. The molecule has 3 aromatic rings. The summed E-state index contributed by atoms with van der Waals surface area (Å²) >= 11 is 6.33. The van der Waals surface area contributed by atoms with E-state index in [2.05, 4.69) is 5.32 Å². The molecule has 1 heterocycles. The molecule has 1 spiro atoms. The third kappa shape index (κ3) is 4.04. The van der Waals surface area contributed by atoms with Gasteiger partial charge in [0.05, 0.1) is 0 Å². The van der Waals surface area contributed by atoms with Crippen LogP contribution in [0.1, 0.15) is 63.1 Å². The van der Waals surface area contributed by atoms with E-state index in [1.807, 2.05) is 73.3 Å². The molecule has 2 amide bonds. The Bertz CT molecular complexity index is 1260. The first-order valence-corrected chi connectivity index (χ1v) is 11.9. The Labute approximate surface area is 199 Å². The van der Waals surface area contributed by atoms with Crippen molar-refractivity contribution in [1.29, 1.82) is 0 Å². The lowest BCUT2D eigenvalue weighted by atomic mass is 9.91. The molecule has 33 heavy (non-hydrogen) atoms. The fourth-order valence-corrected chi connectivity index (χ4v) is 5.21. The van der Waals surface area contributed by atoms with Gasteiger partial charge in [0.2, 0.25) is 0 Å². The molecule has 0 aromatic heterocycles. The molecule has 1 saturated carbocycles. The average Bonchev–Trinajstić information content (AvgIpc) is 3.60. The van der Waals surface area contributed by atoms with Crippen LogP contribution in [0, 0.1) is 13.8 Å². The van der Waals surface area contributed by atoms with Crippen LogP contribution >= 0.6 is 11.6 Å². The normalized spacial score (nSPS) is 16.2. The molecule has 2 aliphatic rings. The molecule has 168 valence electrons. The summed E-state index contributed by atoms with van der Waals surface area (Å²) in [5, 5.41) is 3.68. The summed E-state index contributed by atoms with van der Waals surface area (Å²) in [5.41, 5.74) is 6.11. The lowest BCUT2D eigenvalue weighted by molar-refractivity contribution is 0.0985. The lowest BCUT2D eigenvalue weighted by Crippen LogP contribution is -2.32. The van der Waals surface area contributed by atoms with Gasteiger partial charge in [0.1, 0.15) is 0 Å². The monoisotopic (exact) mass is 458 g/mol. The Hall–Kier alpha value is -3.11.